The summed E-state index contributed by atoms with van der Waals surface area (Å²) in [6.45, 7) is 8.81. The summed E-state index contributed by atoms with van der Waals surface area (Å²) >= 11 is 1.59. The highest BCUT2D eigenvalue weighted by molar-refractivity contribution is 7.10. The molecule has 26 heavy (non-hydrogen) atoms. The number of nitrogens with one attached hydrogen (secondary N) is 1. The molecule has 1 aliphatic rings. The quantitative estimate of drug-likeness (QED) is 0.842. The Morgan fingerprint density at radius 1 is 1.42 bits per heavy atom. The zero-order valence-corrected chi connectivity index (χ0v) is 16.6. The predicted octanol–water partition coefficient (Wildman–Crippen LogP) is 3.24. The molecule has 0 aromatic carbocycles. The molecule has 3 rings (SSSR count). The molecule has 1 aliphatic heterocycles. The lowest BCUT2D eigenvalue weighted by Gasteiger charge is -2.34. The second kappa shape index (κ2) is 8.22. The third-order valence-corrected chi connectivity index (χ3v) is 6.30. The van der Waals surface area contributed by atoms with E-state index in [0.717, 1.165) is 41.2 Å². The number of rotatable bonds is 5. The van der Waals surface area contributed by atoms with E-state index in [1.807, 2.05) is 40.9 Å². The monoisotopic (exact) mass is 376 g/mol. The molecule has 2 aromatic rings. The van der Waals surface area contributed by atoms with Gasteiger partial charge in [0, 0.05) is 42.3 Å². The zero-order chi connectivity index (χ0) is 18.7. The Kier molecular flexibility index (Phi) is 5.98. The van der Waals surface area contributed by atoms with Crippen molar-refractivity contribution in [1.29, 1.82) is 0 Å². The molecule has 6 nitrogen and oxygen atoms in total. The van der Waals surface area contributed by atoms with Crippen molar-refractivity contribution in [3.8, 4) is 0 Å². The lowest BCUT2D eigenvalue weighted by Crippen LogP contribution is -2.45. The van der Waals surface area contributed by atoms with Crippen LogP contribution in [-0.2, 0) is 13.1 Å². The molecule has 2 amide bonds. The smallest absolute Gasteiger partial charge is 0.317 e. The minimum Gasteiger partial charge on any atom is -0.387 e. The number of likely N-dealkylation sites (tertiary alicyclic amines) is 1. The van der Waals surface area contributed by atoms with Crippen LogP contribution in [0.1, 0.15) is 47.7 Å². The van der Waals surface area contributed by atoms with Gasteiger partial charge in [-0.3, -0.25) is 4.68 Å². The molecular formula is C19H28N4O2S. The van der Waals surface area contributed by atoms with E-state index >= 15 is 0 Å². The van der Waals surface area contributed by atoms with Gasteiger partial charge in [-0.25, -0.2) is 4.79 Å². The minimum atomic E-state index is -0.412. The number of piperidine rings is 1. The number of aliphatic hydroxyl groups excluding tert-OH is 1. The number of amides is 2. The molecule has 1 saturated heterocycles. The van der Waals surface area contributed by atoms with Crippen LogP contribution < -0.4 is 5.32 Å². The summed E-state index contributed by atoms with van der Waals surface area (Å²) in [5, 5.41) is 20.0. The maximum Gasteiger partial charge on any atom is 0.317 e. The fraction of sp³-hybridized carbons (Fsp3) is 0.579. The van der Waals surface area contributed by atoms with Gasteiger partial charge in [-0.05, 0) is 51.0 Å². The zero-order valence-electron chi connectivity index (χ0n) is 15.7. The summed E-state index contributed by atoms with van der Waals surface area (Å²) in [4.78, 5) is 15.4. The molecule has 0 spiro atoms. The van der Waals surface area contributed by atoms with Crippen LogP contribution in [0.5, 0.6) is 0 Å². The van der Waals surface area contributed by atoms with Crippen LogP contribution in [0.3, 0.4) is 0 Å². The first-order valence-electron chi connectivity index (χ1n) is 9.28. The Bertz CT molecular complexity index is 733. The third-order valence-electron chi connectivity index (χ3n) is 5.36. The Morgan fingerprint density at radius 3 is 2.73 bits per heavy atom. The average molecular weight is 377 g/mol. The van der Waals surface area contributed by atoms with Gasteiger partial charge in [-0.1, -0.05) is 6.07 Å². The first-order valence-corrected chi connectivity index (χ1v) is 10.2. The van der Waals surface area contributed by atoms with Gasteiger partial charge in [0.15, 0.2) is 0 Å². The van der Waals surface area contributed by atoms with Crippen molar-refractivity contribution in [2.45, 2.75) is 52.8 Å². The number of nitrogens with zero attached hydrogens (tertiary/aromatic N) is 3. The number of thiophene rings is 1. The SMILES string of the molecule is CCn1nc(C)c(CNC(=O)N2CCC([C@H](O)c3cccs3)CC2)c1C. The molecule has 0 bridgehead atoms. The molecule has 0 radical (unpaired) electrons. The fourth-order valence-electron chi connectivity index (χ4n) is 3.68. The standard InChI is InChI=1S/C19H28N4O2S/c1-4-23-14(3)16(13(2)21-23)12-20-19(25)22-9-7-15(8-10-22)18(24)17-6-5-11-26-17/h5-6,11,15,18,24H,4,7-10,12H2,1-3H3,(H,20,25)/t18-/m0/s1. The molecule has 2 N–H and O–H groups in total. The summed E-state index contributed by atoms with van der Waals surface area (Å²) in [6.07, 6.45) is 1.25. The Balaban J connectivity index is 1.50. The van der Waals surface area contributed by atoms with Gasteiger partial charge in [0.05, 0.1) is 11.8 Å². The Hall–Kier alpha value is -1.86. The van der Waals surface area contributed by atoms with Crippen LogP contribution in [-0.4, -0.2) is 38.9 Å². The average Bonchev–Trinajstić information content (AvgIpc) is 3.28. The van der Waals surface area contributed by atoms with Gasteiger partial charge in [0.25, 0.3) is 0 Å². The first-order chi connectivity index (χ1) is 12.5. The molecule has 0 saturated carbocycles. The highest BCUT2D eigenvalue weighted by Crippen LogP contribution is 2.32. The first kappa shape index (κ1) is 18.9. The van der Waals surface area contributed by atoms with E-state index in [1.54, 1.807) is 11.3 Å². The molecular weight excluding hydrogens is 348 g/mol. The van der Waals surface area contributed by atoms with Gasteiger partial charge < -0.3 is 15.3 Å². The third kappa shape index (κ3) is 3.94. The summed E-state index contributed by atoms with van der Waals surface area (Å²) in [6, 6.07) is 3.92. The van der Waals surface area contributed by atoms with Crippen LogP contribution in [0.2, 0.25) is 0 Å². The molecule has 142 valence electrons. The lowest BCUT2D eigenvalue weighted by atomic mass is 9.90. The molecule has 2 aromatic heterocycles. The van der Waals surface area contributed by atoms with Gasteiger partial charge in [-0.15, -0.1) is 11.3 Å². The van der Waals surface area contributed by atoms with Crippen molar-refractivity contribution in [3.05, 3.63) is 39.3 Å². The number of aromatic nitrogens is 2. The fourth-order valence-corrected chi connectivity index (χ4v) is 4.49. The van der Waals surface area contributed by atoms with Crippen molar-refractivity contribution < 1.29 is 9.90 Å². The van der Waals surface area contributed by atoms with Crippen LogP contribution in [0.15, 0.2) is 17.5 Å². The number of carbonyl (C=O) groups excluding carboxylic acids is 1. The molecule has 0 aliphatic carbocycles. The van der Waals surface area contributed by atoms with Crippen molar-refractivity contribution in [3.63, 3.8) is 0 Å². The van der Waals surface area contributed by atoms with Crippen molar-refractivity contribution in [2.75, 3.05) is 13.1 Å². The topological polar surface area (TPSA) is 70.4 Å². The number of aliphatic hydroxyl groups is 1. The van der Waals surface area contributed by atoms with Crippen molar-refractivity contribution in [1.82, 2.24) is 20.0 Å². The van der Waals surface area contributed by atoms with E-state index in [9.17, 15) is 9.90 Å². The Morgan fingerprint density at radius 2 is 2.15 bits per heavy atom. The number of hydrogen-bond donors (Lipinski definition) is 2. The van der Waals surface area contributed by atoms with Crippen LogP contribution in [0.25, 0.3) is 0 Å². The van der Waals surface area contributed by atoms with E-state index < -0.39 is 6.10 Å². The summed E-state index contributed by atoms with van der Waals surface area (Å²) < 4.78 is 1.97. The summed E-state index contributed by atoms with van der Waals surface area (Å²) in [5.74, 6) is 0.227. The normalized spacial score (nSPS) is 16.7. The van der Waals surface area contributed by atoms with E-state index in [1.165, 1.54) is 0 Å². The maximum absolute atomic E-state index is 12.5. The predicted molar refractivity (Wildman–Crippen MR) is 103 cm³/mol. The number of urea groups is 1. The van der Waals surface area contributed by atoms with Gasteiger partial charge in [0.2, 0.25) is 0 Å². The number of aryl methyl sites for hydroxylation is 2. The lowest BCUT2D eigenvalue weighted by molar-refractivity contribution is 0.0689. The van der Waals surface area contributed by atoms with E-state index in [0.29, 0.717) is 19.6 Å². The molecule has 1 fully saturated rings. The van der Waals surface area contributed by atoms with E-state index in [-0.39, 0.29) is 11.9 Å². The van der Waals surface area contributed by atoms with Gasteiger partial charge in [0.1, 0.15) is 0 Å². The second-order valence-corrected chi connectivity index (χ2v) is 7.89. The van der Waals surface area contributed by atoms with E-state index in [2.05, 4.69) is 17.3 Å². The summed E-state index contributed by atoms with van der Waals surface area (Å²) in [5.41, 5.74) is 3.19. The van der Waals surface area contributed by atoms with Crippen LogP contribution in [0.4, 0.5) is 4.79 Å². The number of hydrogen-bond acceptors (Lipinski definition) is 4. The molecule has 7 heteroatoms. The van der Waals surface area contributed by atoms with Crippen LogP contribution in [0, 0.1) is 19.8 Å². The van der Waals surface area contributed by atoms with Crippen LogP contribution >= 0.6 is 11.3 Å². The molecule has 3 heterocycles. The molecule has 0 unspecified atom stereocenters. The van der Waals surface area contributed by atoms with Gasteiger partial charge >= 0.3 is 6.03 Å². The van der Waals surface area contributed by atoms with E-state index in [4.69, 9.17) is 0 Å². The molecule has 1 atom stereocenters. The largest absolute Gasteiger partial charge is 0.387 e. The summed E-state index contributed by atoms with van der Waals surface area (Å²) in [7, 11) is 0. The maximum atomic E-state index is 12.5. The minimum absolute atomic E-state index is 0.0305. The second-order valence-electron chi connectivity index (χ2n) is 6.91. The van der Waals surface area contributed by atoms with Gasteiger partial charge in [-0.2, -0.15) is 5.10 Å². The Labute approximate surface area is 158 Å². The number of carbonyl (C=O) groups is 1. The highest BCUT2D eigenvalue weighted by atomic mass is 32.1. The van der Waals surface area contributed by atoms with Crippen molar-refractivity contribution in [2.24, 2.45) is 5.92 Å². The highest BCUT2D eigenvalue weighted by Gasteiger charge is 2.28. The van der Waals surface area contributed by atoms with Crippen molar-refractivity contribution >= 4 is 17.4 Å².